The lowest BCUT2D eigenvalue weighted by Gasteiger charge is -2.04. The molecule has 2 amide bonds. The quantitative estimate of drug-likeness (QED) is 0.0714. The highest BCUT2D eigenvalue weighted by atomic mass is 79.9. The summed E-state index contributed by atoms with van der Waals surface area (Å²) in [6, 6.07) is 52.5. The highest BCUT2D eigenvalue weighted by molar-refractivity contribution is 9.10. The fourth-order valence-corrected chi connectivity index (χ4v) is 7.47. The van der Waals surface area contributed by atoms with Crippen LogP contribution in [-0.2, 0) is 9.59 Å². The highest BCUT2D eigenvalue weighted by Crippen LogP contribution is 2.27. The van der Waals surface area contributed by atoms with E-state index in [1.54, 1.807) is 18.5 Å². The van der Waals surface area contributed by atoms with Crippen molar-refractivity contribution in [3.63, 3.8) is 0 Å². The van der Waals surface area contributed by atoms with E-state index in [0.717, 1.165) is 59.7 Å². The minimum Gasteiger partial charge on any atom is -0.342 e. The van der Waals surface area contributed by atoms with Crippen LogP contribution in [0.5, 0.6) is 0 Å². The normalized spacial score (nSPS) is 10.2. The monoisotopic (exact) mass is 1070 g/mol. The lowest BCUT2D eigenvalue weighted by Crippen LogP contribution is -2.06. The Hall–Kier alpha value is -7.00. The summed E-state index contributed by atoms with van der Waals surface area (Å²) in [6.07, 6.45) is 5.28. The summed E-state index contributed by atoms with van der Waals surface area (Å²) in [7, 11) is 0. The topological polar surface area (TPSA) is 161 Å². The van der Waals surface area contributed by atoms with Gasteiger partial charge in [-0.05, 0) is 65.6 Å². The number of rotatable bonds is 9. The molecule has 66 heavy (non-hydrogen) atoms. The summed E-state index contributed by atoms with van der Waals surface area (Å²) in [6.45, 7) is 4.87. The Labute approximate surface area is 408 Å². The molecule has 0 fully saturated rings. The molecule has 14 heteroatoms. The predicted molar refractivity (Wildman–Crippen MR) is 276 cm³/mol. The lowest BCUT2D eigenvalue weighted by molar-refractivity contribution is -0.115. The van der Waals surface area contributed by atoms with Crippen LogP contribution in [0.2, 0.25) is 0 Å². The Kier molecular flexibility index (Phi) is 17.9. The summed E-state index contributed by atoms with van der Waals surface area (Å²) in [5.74, 6) is 1.68. The molecular weight excluding hydrogens is 1020 g/mol. The van der Waals surface area contributed by atoms with Crippen LogP contribution in [0.1, 0.15) is 30.0 Å². The van der Waals surface area contributed by atoms with E-state index in [-0.39, 0.29) is 17.6 Å². The van der Waals surface area contributed by atoms with Crippen molar-refractivity contribution in [2.24, 2.45) is 0 Å². The van der Waals surface area contributed by atoms with Crippen LogP contribution in [0.4, 0.5) is 11.9 Å². The Balaban J connectivity index is 0.000000149. The number of nitrogens with one attached hydrogen (secondary N) is 5. The molecule has 0 aliphatic rings. The number of aromatic nitrogens is 6. The molecule has 9 aromatic rings. The van der Waals surface area contributed by atoms with E-state index in [2.05, 4.69) is 161 Å². The molecule has 332 valence electrons. The van der Waals surface area contributed by atoms with Crippen LogP contribution in [0.3, 0.4) is 0 Å². The number of anilines is 2. The fraction of sp³-hybridized carbons (Fsp3) is 0.0769. The third-order valence-electron chi connectivity index (χ3n) is 9.41. The number of aryl methyl sites for hydroxylation is 1. The zero-order chi connectivity index (χ0) is 46.8. The van der Waals surface area contributed by atoms with Crippen LogP contribution in [0.15, 0.2) is 185 Å². The average Bonchev–Trinajstić information content (AvgIpc) is 4.12. The summed E-state index contributed by atoms with van der Waals surface area (Å²) in [4.78, 5) is 54.8. The van der Waals surface area contributed by atoms with Crippen LogP contribution in [0, 0.1) is 6.92 Å². The number of Topliss-reactive ketones (excluding diaryl/α,β-unsaturated/α-hetero) is 1. The first kappa shape index (κ1) is 48.5. The molecule has 0 aliphatic carbocycles. The largest absolute Gasteiger partial charge is 0.342 e. The maximum absolute atomic E-state index is 11.1. The fourth-order valence-electron chi connectivity index (χ4n) is 6.35. The van der Waals surface area contributed by atoms with Gasteiger partial charge in [0, 0.05) is 45.0 Å². The Morgan fingerprint density at radius 3 is 1.29 bits per heavy atom. The number of H-pyrrole nitrogens is 3. The van der Waals surface area contributed by atoms with Crippen molar-refractivity contribution in [3.05, 3.63) is 197 Å². The van der Waals surface area contributed by atoms with Crippen LogP contribution in [0.25, 0.3) is 56.0 Å². The molecule has 0 radical (unpaired) electrons. The van der Waals surface area contributed by atoms with E-state index in [9.17, 15) is 14.4 Å². The third kappa shape index (κ3) is 14.8. The zero-order valence-electron chi connectivity index (χ0n) is 36.2. The van der Waals surface area contributed by atoms with Gasteiger partial charge in [-0.15, -0.1) is 0 Å². The van der Waals surface area contributed by atoms with E-state index in [1.165, 1.54) is 30.5 Å². The van der Waals surface area contributed by atoms with Gasteiger partial charge in [0.1, 0.15) is 5.82 Å². The number of alkyl halides is 1. The van der Waals surface area contributed by atoms with E-state index in [0.29, 0.717) is 17.2 Å². The van der Waals surface area contributed by atoms with Crippen molar-refractivity contribution in [1.29, 1.82) is 0 Å². The van der Waals surface area contributed by atoms with Crippen LogP contribution in [-0.4, -0.2) is 52.8 Å². The summed E-state index contributed by atoms with van der Waals surface area (Å²) in [5, 5.41) is 5.61. The number of aromatic amines is 3. The van der Waals surface area contributed by atoms with Crippen molar-refractivity contribution in [3.8, 4) is 56.0 Å². The molecule has 0 spiro atoms. The number of benzene rings is 6. The molecule has 0 aliphatic heterocycles. The van der Waals surface area contributed by atoms with Gasteiger partial charge in [0.05, 0.1) is 41.0 Å². The minimum absolute atomic E-state index is 0.103. The molecule has 0 saturated heterocycles. The number of hydrogen-bond donors (Lipinski definition) is 5. The number of halogens is 3. The minimum atomic E-state index is -0.145. The van der Waals surface area contributed by atoms with E-state index in [4.69, 9.17) is 0 Å². The van der Waals surface area contributed by atoms with Gasteiger partial charge >= 0.3 is 0 Å². The first-order chi connectivity index (χ1) is 31.9. The van der Waals surface area contributed by atoms with Gasteiger partial charge in [-0.25, -0.2) is 15.0 Å². The molecule has 0 bridgehead atoms. The Bertz CT molecular complexity index is 3000. The van der Waals surface area contributed by atoms with Gasteiger partial charge in [0.2, 0.25) is 23.7 Å². The van der Waals surface area contributed by atoms with E-state index >= 15 is 0 Å². The van der Waals surface area contributed by atoms with Gasteiger partial charge in [-0.2, -0.15) is 0 Å². The smallest absolute Gasteiger partial charge is 0.223 e. The van der Waals surface area contributed by atoms with Crippen LogP contribution < -0.4 is 10.6 Å². The predicted octanol–water partition coefficient (Wildman–Crippen LogP) is 13.6. The first-order valence-electron chi connectivity index (χ1n) is 20.5. The summed E-state index contributed by atoms with van der Waals surface area (Å²) in [5.41, 5.74) is 11.5. The third-order valence-corrected chi connectivity index (χ3v) is 10.9. The second-order valence-electron chi connectivity index (χ2n) is 14.5. The van der Waals surface area contributed by atoms with Gasteiger partial charge in [-0.3, -0.25) is 25.0 Å². The van der Waals surface area contributed by atoms with Crippen molar-refractivity contribution >= 4 is 77.3 Å². The number of carbonyl (C=O) groups is 3. The van der Waals surface area contributed by atoms with Gasteiger partial charge in [-0.1, -0.05) is 169 Å². The molecule has 3 aromatic heterocycles. The van der Waals surface area contributed by atoms with E-state index in [1.807, 2.05) is 92.0 Å². The summed E-state index contributed by atoms with van der Waals surface area (Å²) < 4.78 is 1.94. The van der Waals surface area contributed by atoms with Crippen molar-refractivity contribution in [1.82, 2.24) is 29.9 Å². The van der Waals surface area contributed by atoms with Crippen molar-refractivity contribution < 1.29 is 14.4 Å². The molecule has 3 heterocycles. The number of carbonyl (C=O) groups excluding carboxylic acids is 3. The second kappa shape index (κ2) is 24.3. The number of nitrogens with zero attached hydrogens (tertiary/aromatic N) is 3. The molecule has 0 atom stereocenters. The SMILES string of the molecule is CC(=O)Nc1ncc(-c2cccc(-c3ccccc3)c2)[nH]1.CC(=O)Nc1ncc(-c2cccc(Br)c2)[nH]1.Cc1ncc(-c2cccc(-c3ccccc3)c2)[nH]1.O=C(CBr)c1cccc(Br)c1. The van der Waals surface area contributed by atoms with Crippen molar-refractivity contribution in [2.75, 3.05) is 16.0 Å². The molecular formula is C52H45Br3N8O3. The highest BCUT2D eigenvalue weighted by Gasteiger charge is 2.08. The number of ketones is 1. The average molecular weight is 1070 g/mol. The lowest BCUT2D eigenvalue weighted by atomic mass is 10.0. The number of hydrogen-bond acceptors (Lipinski definition) is 6. The van der Waals surface area contributed by atoms with Gasteiger partial charge < -0.3 is 15.0 Å². The standard InChI is InChI=1S/C17H15N3O.C16H14N2.C11H10BrN3O.C8H6Br2O/c1-12(21)19-17-18-11-16(20-17)15-9-5-8-14(10-15)13-6-3-2-4-7-13;1-12-17-11-16(18-12)15-9-5-8-14(10-15)13-6-3-2-4-7-13;1-7(16)14-11-13-6-10(15-11)8-3-2-4-9(12)5-8;9-5-8(11)6-2-1-3-7(10)4-6/h2-11H,1H3,(H2,18,19,20,21);2-11H,1H3,(H,17,18);2-6H,1H3,(H2,13,14,15,16);1-4H,5H2. The summed E-state index contributed by atoms with van der Waals surface area (Å²) >= 11 is 9.81. The molecule has 0 unspecified atom stereocenters. The number of amides is 2. The van der Waals surface area contributed by atoms with Crippen LogP contribution >= 0.6 is 47.8 Å². The second-order valence-corrected chi connectivity index (χ2v) is 16.9. The maximum atomic E-state index is 11.1. The molecule has 6 aromatic carbocycles. The van der Waals surface area contributed by atoms with E-state index < -0.39 is 0 Å². The molecule has 9 rings (SSSR count). The molecule has 0 saturated carbocycles. The molecule has 5 N–H and O–H groups in total. The van der Waals surface area contributed by atoms with Crippen molar-refractivity contribution in [2.45, 2.75) is 20.8 Å². The Morgan fingerprint density at radius 1 is 0.470 bits per heavy atom. The molecule has 11 nitrogen and oxygen atoms in total. The zero-order valence-corrected chi connectivity index (χ0v) is 40.9. The van der Waals surface area contributed by atoms with Gasteiger partial charge in [0.25, 0.3) is 0 Å². The van der Waals surface area contributed by atoms with Gasteiger partial charge in [0.15, 0.2) is 5.78 Å². The first-order valence-corrected chi connectivity index (χ1v) is 23.2. The Morgan fingerprint density at radius 2 is 0.864 bits per heavy atom. The number of imidazole rings is 3. The maximum Gasteiger partial charge on any atom is 0.223 e.